The van der Waals surface area contributed by atoms with Gasteiger partial charge in [0.1, 0.15) is 11.5 Å². The zero-order valence-corrected chi connectivity index (χ0v) is 14.2. The number of hydrogen-bond donors (Lipinski definition) is 1. The van der Waals surface area contributed by atoms with E-state index in [0.29, 0.717) is 25.3 Å². The van der Waals surface area contributed by atoms with Crippen molar-refractivity contribution in [3.05, 3.63) is 59.0 Å². The van der Waals surface area contributed by atoms with E-state index < -0.39 is 0 Å². The van der Waals surface area contributed by atoms with Gasteiger partial charge in [-0.15, -0.1) is 0 Å². The van der Waals surface area contributed by atoms with Crippen molar-refractivity contribution in [2.24, 2.45) is 0 Å². The number of carbonyl (C=O) groups excluding carboxylic acids is 1. The van der Waals surface area contributed by atoms with Gasteiger partial charge in [0.25, 0.3) is 5.91 Å². The third-order valence-corrected chi connectivity index (χ3v) is 4.35. The molecule has 1 amide bonds. The Labute approximate surface area is 142 Å². The maximum absolute atomic E-state index is 12.4. The number of ether oxygens (including phenoxy) is 1. The highest BCUT2D eigenvalue weighted by atomic mass is 16.5. The topological polar surface area (TPSA) is 54.7 Å². The van der Waals surface area contributed by atoms with Gasteiger partial charge in [-0.2, -0.15) is 0 Å². The summed E-state index contributed by atoms with van der Waals surface area (Å²) < 4.78 is 11.3. The molecule has 2 aromatic rings. The first-order chi connectivity index (χ1) is 11.6. The van der Waals surface area contributed by atoms with Crippen LogP contribution in [0.4, 0.5) is 0 Å². The summed E-state index contributed by atoms with van der Waals surface area (Å²) in [6, 6.07) is 11.6. The second-order valence-corrected chi connectivity index (χ2v) is 6.19. The number of nitrogens with one attached hydrogen (secondary N) is 1. The van der Waals surface area contributed by atoms with E-state index in [1.807, 2.05) is 50.2 Å². The average molecular weight is 328 g/mol. The van der Waals surface area contributed by atoms with Crippen molar-refractivity contribution < 1.29 is 13.9 Å². The molecular weight excluding hydrogens is 304 g/mol. The summed E-state index contributed by atoms with van der Waals surface area (Å²) >= 11 is 0. The molecule has 0 saturated carbocycles. The number of amides is 1. The lowest BCUT2D eigenvalue weighted by Crippen LogP contribution is -2.43. The Morgan fingerprint density at radius 2 is 1.83 bits per heavy atom. The Hall–Kier alpha value is -2.11. The average Bonchev–Trinajstić information content (AvgIpc) is 3.02. The molecule has 5 heteroatoms. The van der Waals surface area contributed by atoms with E-state index in [-0.39, 0.29) is 11.9 Å². The Balaban J connectivity index is 1.69. The molecule has 2 heterocycles. The van der Waals surface area contributed by atoms with E-state index in [1.165, 1.54) is 0 Å². The number of morpholine rings is 1. The molecule has 1 saturated heterocycles. The van der Waals surface area contributed by atoms with Crippen LogP contribution in [0.25, 0.3) is 0 Å². The highest BCUT2D eigenvalue weighted by Crippen LogP contribution is 2.23. The minimum atomic E-state index is -0.0588. The standard InChI is InChI=1S/C19H24N2O3/c1-14-3-6-16(7-4-14)19(22)20-13-17(18-8-5-15(2)24-18)21-9-11-23-12-10-21/h3-8,17H,9-13H2,1-2H3,(H,20,22). The van der Waals surface area contributed by atoms with Crippen LogP contribution >= 0.6 is 0 Å². The zero-order chi connectivity index (χ0) is 16.9. The summed E-state index contributed by atoms with van der Waals surface area (Å²) in [6.07, 6.45) is 0. The number of aryl methyl sites for hydroxylation is 2. The molecule has 24 heavy (non-hydrogen) atoms. The zero-order valence-electron chi connectivity index (χ0n) is 14.2. The van der Waals surface area contributed by atoms with E-state index in [9.17, 15) is 4.79 Å². The number of hydrogen-bond acceptors (Lipinski definition) is 4. The van der Waals surface area contributed by atoms with E-state index in [2.05, 4.69) is 10.2 Å². The van der Waals surface area contributed by atoms with Crippen molar-refractivity contribution in [1.29, 1.82) is 0 Å². The molecule has 1 fully saturated rings. The predicted octanol–water partition coefficient (Wildman–Crippen LogP) is 2.70. The minimum Gasteiger partial charge on any atom is -0.465 e. The summed E-state index contributed by atoms with van der Waals surface area (Å²) in [5, 5.41) is 3.04. The van der Waals surface area contributed by atoms with Gasteiger partial charge in [0.2, 0.25) is 0 Å². The van der Waals surface area contributed by atoms with Crippen LogP contribution in [0.2, 0.25) is 0 Å². The first-order valence-electron chi connectivity index (χ1n) is 8.36. The van der Waals surface area contributed by atoms with E-state index >= 15 is 0 Å². The lowest BCUT2D eigenvalue weighted by atomic mass is 10.1. The van der Waals surface area contributed by atoms with Gasteiger partial charge in [-0.05, 0) is 38.1 Å². The fourth-order valence-electron chi connectivity index (χ4n) is 2.93. The van der Waals surface area contributed by atoms with Crippen LogP contribution in [-0.2, 0) is 4.74 Å². The van der Waals surface area contributed by atoms with Gasteiger partial charge in [-0.3, -0.25) is 9.69 Å². The molecule has 0 spiro atoms. The maximum Gasteiger partial charge on any atom is 0.251 e. The van der Waals surface area contributed by atoms with Crippen LogP contribution in [0.15, 0.2) is 40.8 Å². The van der Waals surface area contributed by atoms with Crippen LogP contribution < -0.4 is 5.32 Å². The molecule has 5 nitrogen and oxygen atoms in total. The third kappa shape index (κ3) is 4.04. The lowest BCUT2D eigenvalue weighted by Gasteiger charge is -2.33. The van der Waals surface area contributed by atoms with Crippen molar-refractivity contribution in [3.63, 3.8) is 0 Å². The van der Waals surface area contributed by atoms with Crippen LogP contribution in [-0.4, -0.2) is 43.7 Å². The number of rotatable bonds is 5. The molecule has 1 N–H and O–H groups in total. The summed E-state index contributed by atoms with van der Waals surface area (Å²) in [4.78, 5) is 14.7. The molecule has 1 unspecified atom stereocenters. The van der Waals surface area contributed by atoms with Crippen molar-refractivity contribution in [1.82, 2.24) is 10.2 Å². The molecule has 3 rings (SSSR count). The second-order valence-electron chi connectivity index (χ2n) is 6.19. The SMILES string of the molecule is Cc1ccc(C(=O)NCC(c2ccc(C)o2)N2CCOCC2)cc1. The number of carbonyl (C=O) groups is 1. The normalized spacial score (nSPS) is 16.8. The summed E-state index contributed by atoms with van der Waals surface area (Å²) in [5.41, 5.74) is 1.82. The second kappa shape index (κ2) is 7.64. The fraction of sp³-hybridized carbons (Fsp3) is 0.421. The fourth-order valence-corrected chi connectivity index (χ4v) is 2.93. The summed E-state index contributed by atoms with van der Waals surface area (Å²) in [6.45, 7) is 7.56. The van der Waals surface area contributed by atoms with E-state index in [1.54, 1.807) is 0 Å². The van der Waals surface area contributed by atoms with Crippen molar-refractivity contribution in [3.8, 4) is 0 Å². The molecule has 1 aromatic heterocycles. The number of furan rings is 1. The smallest absolute Gasteiger partial charge is 0.251 e. The molecular formula is C19H24N2O3. The molecule has 128 valence electrons. The summed E-state index contributed by atoms with van der Waals surface area (Å²) in [7, 11) is 0. The van der Waals surface area contributed by atoms with Gasteiger partial charge >= 0.3 is 0 Å². The number of benzene rings is 1. The minimum absolute atomic E-state index is 0.0250. The molecule has 0 aliphatic carbocycles. The van der Waals surface area contributed by atoms with Gasteiger partial charge in [-0.1, -0.05) is 17.7 Å². The van der Waals surface area contributed by atoms with Gasteiger partial charge in [0.15, 0.2) is 0 Å². The molecule has 1 atom stereocenters. The van der Waals surface area contributed by atoms with Gasteiger partial charge < -0.3 is 14.5 Å². The molecule has 1 aliphatic rings. The summed E-state index contributed by atoms with van der Waals surface area (Å²) in [5.74, 6) is 1.71. The molecule has 0 radical (unpaired) electrons. The van der Waals surface area contributed by atoms with Gasteiger partial charge in [0, 0.05) is 25.2 Å². The largest absolute Gasteiger partial charge is 0.465 e. The van der Waals surface area contributed by atoms with Crippen LogP contribution in [0.5, 0.6) is 0 Å². The van der Waals surface area contributed by atoms with Crippen molar-refractivity contribution in [2.75, 3.05) is 32.8 Å². The third-order valence-electron chi connectivity index (χ3n) is 4.35. The van der Waals surface area contributed by atoms with Crippen LogP contribution in [0.1, 0.15) is 33.5 Å². The Morgan fingerprint density at radius 3 is 2.46 bits per heavy atom. The molecule has 0 bridgehead atoms. The highest BCUT2D eigenvalue weighted by Gasteiger charge is 2.25. The van der Waals surface area contributed by atoms with E-state index in [4.69, 9.17) is 9.15 Å². The van der Waals surface area contributed by atoms with Gasteiger partial charge in [0.05, 0.1) is 19.3 Å². The van der Waals surface area contributed by atoms with Crippen LogP contribution in [0, 0.1) is 13.8 Å². The van der Waals surface area contributed by atoms with Gasteiger partial charge in [-0.25, -0.2) is 0 Å². The van der Waals surface area contributed by atoms with E-state index in [0.717, 1.165) is 30.2 Å². The Kier molecular flexibility index (Phi) is 5.33. The Morgan fingerprint density at radius 1 is 1.12 bits per heavy atom. The lowest BCUT2D eigenvalue weighted by molar-refractivity contribution is 0.0117. The maximum atomic E-state index is 12.4. The molecule has 1 aromatic carbocycles. The van der Waals surface area contributed by atoms with Crippen molar-refractivity contribution >= 4 is 5.91 Å². The number of nitrogens with zero attached hydrogens (tertiary/aromatic N) is 1. The molecule has 1 aliphatic heterocycles. The monoisotopic (exact) mass is 328 g/mol. The Bertz CT molecular complexity index is 672. The first kappa shape index (κ1) is 16.7. The quantitative estimate of drug-likeness (QED) is 0.917. The van der Waals surface area contributed by atoms with Crippen molar-refractivity contribution in [2.45, 2.75) is 19.9 Å². The van der Waals surface area contributed by atoms with Crippen LogP contribution in [0.3, 0.4) is 0 Å². The predicted molar refractivity (Wildman–Crippen MR) is 92.1 cm³/mol. The first-order valence-corrected chi connectivity index (χ1v) is 8.36. The highest BCUT2D eigenvalue weighted by molar-refractivity contribution is 5.94.